The second-order valence-corrected chi connectivity index (χ2v) is 9.84. The fourth-order valence-electron chi connectivity index (χ4n) is 5.64. The van der Waals surface area contributed by atoms with E-state index in [-0.39, 0.29) is 35.6 Å². The van der Waals surface area contributed by atoms with Gasteiger partial charge in [0.15, 0.2) is 17.1 Å². The lowest BCUT2D eigenvalue weighted by Gasteiger charge is -2.48. The summed E-state index contributed by atoms with van der Waals surface area (Å²) >= 11 is 0. The Bertz CT molecular complexity index is 1420. The Balaban J connectivity index is 1.70. The van der Waals surface area contributed by atoms with Gasteiger partial charge in [0.25, 0.3) is 5.91 Å². The number of aliphatic hydroxyl groups excluding tert-OH is 2. The summed E-state index contributed by atoms with van der Waals surface area (Å²) in [7, 11) is 0. The van der Waals surface area contributed by atoms with Crippen molar-refractivity contribution in [3.05, 3.63) is 51.9 Å². The van der Waals surface area contributed by atoms with Crippen LogP contribution in [0.1, 0.15) is 43.0 Å². The number of hydrogen-bond acceptors (Lipinski definition) is 10. The van der Waals surface area contributed by atoms with Crippen molar-refractivity contribution in [3.8, 4) is 17.1 Å². The Hall–Kier alpha value is -3.96. The number of Topliss-reactive ketones (excluding diaryl/α,β-unsaturated/α-hetero) is 2. The van der Waals surface area contributed by atoms with Gasteiger partial charge in [-0.2, -0.15) is 0 Å². The molecule has 2 aromatic rings. The number of carbonyl (C=O) groups is 3. The van der Waals surface area contributed by atoms with Gasteiger partial charge >= 0.3 is 0 Å². The lowest BCUT2D eigenvalue weighted by molar-refractivity contribution is -0.149. The van der Waals surface area contributed by atoms with Crippen LogP contribution < -0.4 is 11.5 Å². The maximum Gasteiger partial charge on any atom is 0.255 e. The van der Waals surface area contributed by atoms with Crippen LogP contribution in [0.25, 0.3) is 17.1 Å². The van der Waals surface area contributed by atoms with Crippen molar-refractivity contribution in [2.45, 2.75) is 44.2 Å². The summed E-state index contributed by atoms with van der Waals surface area (Å²) in [5.41, 5.74) is 9.04. The number of carbonyl (C=O) groups excluding carboxylic acids is 3. The number of rotatable bonds is 3. The van der Waals surface area contributed by atoms with Gasteiger partial charge in [0.1, 0.15) is 22.8 Å². The zero-order chi connectivity index (χ0) is 26.3. The second-order valence-electron chi connectivity index (χ2n) is 9.84. The highest BCUT2D eigenvalue weighted by Gasteiger charge is 2.63. The van der Waals surface area contributed by atoms with Gasteiger partial charge in [-0.3, -0.25) is 14.4 Å². The van der Waals surface area contributed by atoms with Crippen LogP contribution in [0.15, 0.2) is 39.6 Å². The molecule has 1 fully saturated rings. The predicted molar refractivity (Wildman–Crippen MR) is 124 cm³/mol. The fourth-order valence-corrected chi connectivity index (χ4v) is 5.64. The third kappa shape index (κ3) is 2.99. The van der Waals surface area contributed by atoms with Crippen LogP contribution >= 0.6 is 0 Å². The SMILES string of the molecule is CC(C)c1cc(-c2ccc(O)c3c2C[C@H]2C[C@H]4[C@@H](N)C(=O)C(C(N)=O)=C(O)[C@@]4(O)C(=O)C2=C3O)on1. The Morgan fingerprint density at radius 2 is 1.92 bits per heavy atom. The van der Waals surface area contributed by atoms with Crippen molar-refractivity contribution >= 4 is 23.2 Å². The number of primary amides is 1. The number of nitrogens with two attached hydrogens (primary N) is 2. The first-order chi connectivity index (χ1) is 16.9. The molecule has 4 atom stereocenters. The third-order valence-corrected chi connectivity index (χ3v) is 7.52. The van der Waals surface area contributed by atoms with Crippen LogP contribution in [-0.2, 0) is 20.8 Å². The Morgan fingerprint density at radius 3 is 2.53 bits per heavy atom. The highest BCUT2D eigenvalue weighted by molar-refractivity contribution is 6.24. The average Bonchev–Trinajstić information content (AvgIpc) is 3.30. The van der Waals surface area contributed by atoms with Gasteiger partial charge in [0.05, 0.1) is 17.3 Å². The number of nitrogens with zero attached hydrogens (tertiary/aromatic N) is 1. The van der Waals surface area contributed by atoms with Gasteiger partial charge in [-0.15, -0.1) is 0 Å². The van der Waals surface area contributed by atoms with E-state index in [4.69, 9.17) is 16.0 Å². The molecule has 3 aliphatic carbocycles. The summed E-state index contributed by atoms with van der Waals surface area (Å²) in [5.74, 6) is -6.99. The minimum atomic E-state index is -2.74. The van der Waals surface area contributed by atoms with Crippen molar-refractivity contribution in [1.29, 1.82) is 0 Å². The third-order valence-electron chi connectivity index (χ3n) is 7.52. The number of aromatic nitrogens is 1. The van der Waals surface area contributed by atoms with Crippen LogP contribution in [-0.4, -0.2) is 54.7 Å². The molecule has 0 spiro atoms. The first-order valence-corrected chi connectivity index (χ1v) is 11.4. The molecule has 36 heavy (non-hydrogen) atoms. The van der Waals surface area contributed by atoms with E-state index >= 15 is 0 Å². The van der Waals surface area contributed by atoms with Crippen LogP contribution in [0.3, 0.4) is 0 Å². The molecule has 11 nitrogen and oxygen atoms in total. The molecule has 1 amide bonds. The molecule has 0 saturated heterocycles. The first kappa shape index (κ1) is 23.8. The van der Waals surface area contributed by atoms with Crippen LogP contribution in [0.2, 0.25) is 0 Å². The normalized spacial score (nSPS) is 27.8. The second kappa shape index (κ2) is 7.77. The van der Waals surface area contributed by atoms with E-state index in [9.17, 15) is 34.8 Å². The molecule has 1 aromatic heterocycles. The van der Waals surface area contributed by atoms with Crippen molar-refractivity contribution < 1.29 is 39.3 Å². The predicted octanol–water partition coefficient (Wildman–Crippen LogP) is 1.14. The topological polar surface area (TPSA) is 210 Å². The molecular weight excluding hydrogens is 470 g/mol. The number of amides is 1. The minimum absolute atomic E-state index is 0.0218. The molecule has 0 bridgehead atoms. The molecule has 0 aliphatic heterocycles. The maximum atomic E-state index is 13.6. The molecule has 188 valence electrons. The molecular formula is C25H25N3O8. The largest absolute Gasteiger partial charge is 0.508 e. The van der Waals surface area contributed by atoms with Crippen LogP contribution in [0.4, 0.5) is 0 Å². The number of benzene rings is 1. The Labute approximate surface area is 204 Å². The maximum absolute atomic E-state index is 13.6. The van der Waals surface area contributed by atoms with Gasteiger partial charge in [-0.25, -0.2) is 0 Å². The first-order valence-electron chi connectivity index (χ1n) is 11.4. The van der Waals surface area contributed by atoms with Crippen LogP contribution in [0.5, 0.6) is 5.75 Å². The molecule has 0 radical (unpaired) electrons. The zero-order valence-electron chi connectivity index (χ0n) is 19.5. The van der Waals surface area contributed by atoms with Gasteiger partial charge in [0, 0.05) is 23.1 Å². The molecule has 11 heteroatoms. The van der Waals surface area contributed by atoms with Crippen molar-refractivity contribution in [2.24, 2.45) is 23.3 Å². The van der Waals surface area contributed by atoms with Crippen molar-refractivity contribution in [3.63, 3.8) is 0 Å². The van der Waals surface area contributed by atoms with Crippen molar-refractivity contribution in [2.75, 3.05) is 0 Å². The smallest absolute Gasteiger partial charge is 0.255 e. The molecule has 0 unspecified atom stereocenters. The Kier molecular flexibility index (Phi) is 5.13. The number of fused-ring (bicyclic) bond motifs is 3. The number of phenols is 1. The van der Waals surface area contributed by atoms with Gasteiger partial charge < -0.3 is 36.4 Å². The molecule has 1 aromatic carbocycles. The number of ketones is 2. The van der Waals surface area contributed by atoms with E-state index in [0.717, 1.165) is 0 Å². The van der Waals surface area contributed by atoms with Crippen molar-refractivity contribution in [1.82, 2.24) is 5.16 Å². The van der Waals surface area contributed by atoms with E-state index in [0.29, 0.717) is 22.6 Å². The standard InChI is InChI=1S/C25H25N3O8/c1-8(2)13-7-15(36-28-13)10-3-4-14(29)17-11(10)5-9-6-12-19(26)21(31)18(24(27)34)23(33)25(12,35)22(32)16(9)20(17)30/h3-4,7-9,12,19,29-30,33,35H,5-6,26H2,1-2H3,(H2,27,34)/t9-,12-,19+,25-/m0/s1. The number of phenolic OH excluding ortho intramolecular Hbond substituents is 1. The number of aliphatic hydroxyl groups is 3. The van der Waals surface area contributed by atoms with Crippen LogP contribution in [0, 0.1) is 11.8 Å². The average molecular weight is 495 g/mol. The lowest BCUT2D eigenvalue weighted by Crippen LogP contribution is -2.65. The monoisotopic (exact) mass is 495 g/mol. The molecule has 1 saturated carbocycles. The summed E-state index contributed by atoms with van der Waals surface area (Å²) in [4.78, 5) is 38.1. The molecule has 1 heterocycles. The molecule has 8 N–H and O–H groups in total. The summed E-state index contributed by atoms with van der Waals surface area (Å²) in [6.07, 6.45) is 0.0510. The quantitative estimate of drug-likeness (QED) is 0.334. The zero-order valence-corrected chi connectivity index (χ0v) is 19.5. The highest BCUT2D eigenvalue weighted by Crippen LogP contribution is 2.52. The highest BCUT2D eigenvalue weighted by atomic mass is 16.5. The van der Waals surface area contributed by atoms with E-state index in [1.54, 1.807) is 12.1 Å². The number of hydrogen-bond donors (Lipinski definition) is 6. The van der Waals surface area contributed by atoms with E-state index in [2.05, 4.69) is 5.16 Å². The minimum Gasteiger partial charge on any atom is -0.508 e. The summed E-state index contributed by atoms with van der Waals surface area (Å²) in [6.45, 7) is 3.90. The van der Waals surface area contributed by atoms with Gasteiger partial charge in [-0.1, -0.05) is 19.0 Å². The van der Waals surface area contributed by atoms with E-state index < -0.39 is 58.0 Å². The summed E-state index contributed by atoms with van der Waals surface area (Å²) in [6, 6.07) is 3.21. The van der Waals surface area contributed by atoms with E-state index in [1.807, 2.05) is 13.8 Å². The Morgan fingerprint density at radius 1 is 1.22 bits per heavy atom. The summed E-state index contributed by atoms with van der Waals surface area (Å²) < 4.78 is 5.51. The number of aromatic hydroxyl groups is 1. The molecule has 5 rings (SSSR count). The van der Waals surface area contributed by atoms with Gasteiger partial charge in [0.2, 0.25) is 5.78 Å². The summed E-state index contributed by atoms with van der Waals surface area (Å²) in [5, 5.41) is 47.9. The fraction of sp³-hybridized carbons (Fsp3) is 0.360. The lowest BCUT2D eigenvalue weighted by atomic mass is 9.57. The molecule has 3 aliphatic rings. The van der Waals surface area contributed by atoms with E-state index in [1.165, 1.54) is 6.07 Å². The van der Waals surface area contributed by atoms with Gasteiger partial charge in [-0.05, 0) is 42.4 Å².